The van der Waals surface area contributed by atoms with Gasteiger partial charge in [0, 0.05) is 10.9 Å². The van der Waals surface area contributed by atoms with Crippen LogP contribution in [-0.4, -0.2) is 22.6 Å². The number of fused-ring (bicyclic) bond motifs is 1. The van der Waals surface area contributed by atoms with Crippen molar-refractivity contribution in [3.8, 4) is 0 Å². The Balaban J connectivity index is 1.80. The average molecular weight is 290 g/mol. The Morgan fingerprint density at radius 3 is 2.80 bits per heavy atom. The number of hydrogen-bond acceptors (Lipinski definition) is 3. The summed E-state index contributed by atoms with van der Waals surface area (Å²) in [6.45, 7) is 1.70. The third-order valence-corrected chi connectivity index (χ3v) is 5.36. The molecule has 4 nitrogen and oxygen atoms in total. The highest BCUT2D eigenvalue weighted by atomic mass is 32.2. The fourth-order valence-corrected chi connectivity index (χ4v) is 3.82. The predicted molar refractivity (Wildman–Crippen MR) is 79.7 cm³/mol. The summed E-state index contributed by atoms with van der Waals surface area (Å²) < 4.78 is -1.09. The van der Waals surface area contributed by atoms with Crippen LogP contribution < -0.4 is 10.6 Å². The molecule has 1 atom stereocenters. The smallest absolute Gasteiger partial charge is 0.250 e. The Kier molecular flexibility index (Phi) is 3.46. The highest BCUT2D eigenvalue weighted by Crippen LogP contribution is 2.42. The number of para-hydroxylation sites is 1. The molecule has 0 aromatic heterocycles. The fourth-order valence-electron chi connectivity index (χ4n) is 2.71. The van der Waals surface area contributed by atoms with Crippen LogP contribution in [0.4, 0.5) is 5.69 Å². The zero-order valence-electron chi connectivity index (χ0n) is 11.4. The normalized spacial score (nSPS) is 25.9. The lowest BCUT2D eigenvalue weighted by molar-refractivity contribution is -0.130. The third kappa shape index (κ3) is 2.30. The minimum atomic E-state index is -1.09. The van der Waals surface area contributed by atoms with Gasteiger partial charge in [-0.1, -0.05) is 36.7 Å². The van der Waals surface area contributed by atoms with Gasteiger partial charge in [-0.05, 0) is 31.9 Å². The van der Waals surface area contributed by atoms with Gasteiger partial charge in [0.2, 0.25) is 11.8 Å². The van der Waals surface area contributed by atoms with Crippen molar-refractivity contribution in [1.82, 2.24) is 5.32 Å². The van der Waals surface area contributed by atoms with Gasteiger partial charge in [0.25, 0.3) is 0 Å². The van der Waals surface area contributed by atoms with E-state index in [1.807, 2.05) is 24.3 Å². The van der Waals surface area contributed by atoms with E-state index in [0.717, 1.165) is 36.3 Å². The number of rotatable bonds is 2. The maximum atomic E-state index is 12.5. The second-order valence-corrected chi connectivity index (χ2v) is 7.00. The van der Waals surface area contributed by atoms with Crippen molar-refractivity contribution < 1.29 is 9.59 Å². The maximum absolute atomic E-state index is 12.5. The first-order valence-corrected chi connectivity index (χ1v) is 7.82. The molecule has 5 heteroatoms. The van der Waals surface area contributed by atoms with Gasteiger partial charge in [-0.2, -0.15) is 0 Å². The zero-order valence-corrected chi connectivity index (χ0v) is 12.3. The van der Waals surface area contributed by atoms with E-state index in [4.69, 9.17) is 0 Å². The number of nitrogens with one attached hydrogen (secondary N) is 2. The minimum absolute atomic E-state index is 0.179. The molecule has 3 rings (SSSR count). The molecule has 0 radical (unpaired) electrons. The molecule has 0 unspecified atom stereocenters. The molecule has 0 saturated heterocycles. The van der Waals surface area contributed by atoms with Gasteiger partial charge in [-0.25, -0.2) is 0 Å². The quantitative estimate of drug-likeness (QED) is 0.823. The van der Waals surface area contributed by atoms with Gasteiger partial charge < -0.3 is 10.6 Å². The summed E-state index contributed by atoms with van der Waals surface area (Å²) in [6, 6.07) is 7.80. The van der Waals surface area contributed by atoms with E-state index in [0.29, 0.717) is 0 Å². The SMILES string of the molecule is C[C@@]1(C(=O)NC2CCCC2)Sc2ccccc2NC1=O. The highest BCUT2D eigenvalue weighted by molar-refractivity contribution is 8.02. The number of carbonyl (C=O) groups excluding carboxylic acids is 2. The Hall–Kier alpha value is -1.49. The van der Waals surface area contributed by atoms with Crippen LogP contribution in [0.3, 0.4) is 0 Å². The minimum Gasteiger partial charge on any atom is -0.352 e. The van der Waals surface area contributed by atoms with E-state index in [1.165, 1.54) is 11.8 Å². The Morgan fingerprint density at radius 1 is 1.35 bits per heavy atom. The molecule has 0 spiro atoms. The number of benzene rings is 1. The molecule has 2 amide bonds. The summed E-state index contributed by atoms with van der Waals surface area (Å²) in [5, 5.41) is 5.87. The van der Waals surface area contributed by atoms with Gasteiger partial charge in [0.05, 0.1) is 5.69 Å². The first-order valence-electron chi connectivity index (χ1n) is 7.00. The molecule has 0 bridgehead atoms. The largest absolute Gasteiger partial charge is 0.352 e. The van der Waals surface area contributed by atoms with Crippen molar-refractivity contribution in [2.45, 2.75) is 48.3 Å². The molecule has 1 heterocycles. The summed E-state index contributed by atoms with van der Waals surface area (Å²) in [5.41, 5.74) is 0.786. The molecule has 1 fully saturated rings. The van der Waals surface area contributed by atoms with Crippen molar-refractivity contribution in [3.05, 3.63) is 24.3 Å². The number of hydrogen-bond donors (Lipinski definition) is 2. The number of thioether (sulfide) groups is 1. The van der Waals surface area contributed by atoms with Gasteiger partial charge in [-0.15, -0.1) is 0 Å². The van der Waals surface area contributed by atoms with E-state index in [9.17, 15) is 9.59 Å². The molecule has 2 N–H and O–H groups in total. The van der Waals surface area contributed by atoms with E-state index in [-0.39, 0.29) is 17.9 Å². The van der Waals surface area contributed by atoms with E-state index in [1.54, 1.807) is 6.92 Å². The number of carbonyl (C=O) groups is 2. The average Bonchev–Trinajstić information content (AvgIpc) is 2.93. The monoisotopic (exact) mass is 290 g/mol. The van der Waals surface area contributed by atoms with E-state index in [2.05, 4.69) is 10.6 Å². The molecule has 1 saturated carbocycles. The molecule has 2 aliphatic rings. The molecule has 1 aliphatic carbocycles. The van der Waals surface area contributed by atoms with Crippen LogP contribution >= 0.6 is 11.8 Å². The van der Waals surface area contributed by atoms with Crippen LogP contribution in [-0.2, 0) is 9.59 Å². The first-order chi connectivity index (χ1) is 9.59. The summed E-state index contributed by atoms with van der Waals surface area (Å²) in [5.74, 6) is -0.418. The maximum Gasteiger partial charge on any atom is 0.250 e. The molecule has 20 heavy (non-hydrogen) atoms. The lowest BCUT2D eigenvalue weighted by Crippen LogP contribution is -2.53. The van der Waals surface area contributed by atoms with Gasteiger partial charge in [0.1, 0.15) is 0 Å². The van der Waals surface area contributed by atoms with Crippen molar-refractivity contribution in [2.75, 3.05) is 5.32 Å². The first kappa shape index (κ1) is 13.5. The van der Waals surface area contributed by atoms with E-state index < -0.39 is 4.75 Å². The van der Waals surface area contributed by atoms with Crippen LogP contribution in [0.15, 0.2) is 29.2 Å². The van der Waals surface area contributed by atoms with Crippen molar-refractivity contribution in [2.24, 2.45) is 0 Å². The van der Waals surface area contributed by atoms with Crippen molar-refractivity contribution >= 4 is 29.3 Å². The van der Waals surface area contributed by atoms with Crippen LogP contribution in [0.25, 0.3) is 0 Å². The van der Waals surface area contributed by atoms with Crippen LogP contribution in [0.5, 0.6) is 0 Å². The predicted octanol–water partition coefficient (Wildman–Crippen LogP) is 2.55. The molecule has 1 aromatic carbocycles. The van der Waals surface area contributed by atoms with E-state index >= 15 is 0 Å². The standard InChI is InChI=1S/C15H18N2O2S/c1-15(13(18)16-10-6-2-3-7-10)14(19)17-11-8-4-5-9-12(11)20-15/h4-5,8-10H,2-3,6-7H2,1H3,(H,16,18)(H,17,19)/t15-/m0/s1. The summed E-state index contributed by atoms with van der Waals surface area (Å²) in [6.07, 6.45) is 4.35. The second kappa shape index (κ2) is 5.13. The molecular weight excluding hydrogens is 272 g/mol. The Morgan fingerprint density at radius 2 is 2.05 bits per heavy atom. The summed E-state index contributed by atoms with van der Waals surface area (Å²) in [7, 11) is 0. The second-order valence-electron chi connectivity index (χ2n) is 5.54. The van der Waals surface area contributed by atoms with Crippen LogP contribution in [0.1, 0.15) is 32.6 Å². The molecule has 1 aromatic rings. The Bertz CT molecular complexity index is 555. The van der Waals surface area contributed by atoms with Crippen LogP contribution in [0.2, 0.25) is 0 Å². The molecule has 106 valence electrons. The zero-order chi connectivity index (χ0) is 14.2. The fraction of sp³-hybridized carbons (Fsp3) is 0.467. The lowest BCUT2D eigenvalue weighted by Gasteiger charge is -2.32. The summed E-state index contributed by atoms with van der Waals surface area (Å²) >= 11 is 1.33. The molecule has 1 aliphatic heterocycles. The van der Waals surface area contributed by atoms with Crippen molar-refractivity contribution in [1.29, 1.82) is 0 Å². The topological polar surface area (TPSA) is 58.2 Å². The Labute approximate surface area is 122 Å². The van der Waals surface area contributed by atoms with Gasteiger partial charge in [0.15, 0.2) is 4.75 Å². The number of amides is 2. The molecular formula is C15H18N2O2S. The highest BCUT2D eigenvalue weighted by Gasteiger charge is 2.46. The van der Waals surface area contributed by atoms with Crippen molar-refractivity contribution in [3.63, 3.8) is 0 Å². The van der Waals surface area contributed by atoms with Crippen LogP contribution in [0, 0.1) is 0 Å². The van der Waals surface area contributed by atoms with Gasteiger partial charge >= 0.3 is 0 Å². The lowest BCUT2D eigenvalue weighted by atomic mass is 10.1. The number of anilines is 1. The third-order valence-electron chi connectivity index (χ3n) is 4.01. The van der Waals surface area contributed by atoms with Gasteiger partial charge in [-0.3, -0.25) is 9.59 Å². The summed E-state index contributed by atoms with van der Waals surface area (Å²) in [4.78, 5) is 25.7.